The zero-order valence-corrected chi connectivity index (χ0v) is 5.78. The Labute approximate surface area is 59.2 Å². The van der Waals surface area contributed by atoms with Crippen molar-refractivity contribution in [2.24, 2.45) is 5.92 Å². The molecular formula is C6H11NO3. The van der Waals surface area contributed by atoms with Gasteiger partial charge in [0.25, 0.3) is 6.47 Å². The molecule has 1 aliphatic heterocycles. The third-order valence-electron chi connectivity index (χ3n) is 1.74. The molecule has 0 aromatic heterocycles. The summed E-state index contributed by atoms with van der Waals surface area (Å²) in [5.74, 6) is 0.157. The van der Waals surface area contributed by atoms with E-state index in [1.54, 1.807) is 0 Å². The molecule has 0 bridgehead atoms. The molecule has 1 fully saturated rings. The highest BCUT2D eigenvalue weighted by Gasteiger charge is 2.32. The van der Waals surface area contributed by atoms with Crippen LogP contribution in [-0.4, -0.2) is 30.5 Å². The predicted octanol–water partition coefficient (Wildman–Crippen LogP) is -0.914. The topological polar surface area (TPSA) is 58.6 Å². The molecule has 2 N–H and O–H groups in total. The fourth-order valence-corrected chi connectivity index (χ4v) is 1.03. The van der Waals surface area contributed by atoms with Gasteiger partial charge in [0, 0.05) is 6.54 Å². The van der Waals surface area contributed by atoms with E-state index in [0.29, 0.717) is 13.0 Å². The van der Waals surface area contributed by atoms with Gasteiger partial charge in [-0.15, -0.1) is 0 Å². The van der Waals surface area contributed by atoms with Gasteiger partial charge in [-0.2, -0.15) is 0 Å². The summed E-state index contributed by atoms with van der Waals surface area (Å²) in [6, 6.07) is 0. The molecule has 58 valence electrons. The normalized spacial score (nSPS) is 39.6. The van der Waals surface area contributed by atoms with Crippen molar-refractivity contribution in [2.75, 3.05) is 6.54 Å². The van der Waals surface area contributed by atoms with Gasteiger partial charge in [0.05, 0.1) is 0 Å². The first-order valence-electron chi connectivity index (χ1n) is 3.26. The standard InChI is InChI=1S/C6H11NO3/c1-4-2-7-6(5(4)9)10-3-8/h3-7,9H,2H2,1H3/t4?,5?,6-/m1/s1. The van der Waals surface area contributed by atoms with Gasteiger partial charge in [0.15, 0.2) is 6.23 Å². The number of rotatable bonds is 2. The number of carbonyl (C=O) groups excluding carboxylic acids is 1. The van der Waals surface area contributed by atoms with Crippen molar-refractivity contribution in [3.63, 3.8) is 0 Å². The third kappa shape index (κ3) is 1.27. The summed E-state index contributed by atoms with van der Waals surface area (Å²) in [5, 5.41) is 12.1. The average Bonchev–Trinajstić information content (AvgIpc) is 2.20. The maximum absolute atomic E-state index is 9.84. The molecule has 0 radical (unpaired) electrons. The molecule has 0 aromatic rings. The van der Waals surface area contributed by atoms with Crippen LogP contribution in [0.2, 0.25) is 0 Å². The fourth-order valence-electron chi connectivity index (χ4n) is 1.03. The highest BCUT2D eigenvalue weighted by Crippen LogP contribution is 2.13. The van der Waals surface area contributed by atoms with Gasteiger partial charge in [-0.25, -0.2) is 0 Å². The van der Waals surface area contributed by atoms with Crippen LogP contribution in [0.4, 0.5) is 0 Å². The van der Waals surface area contributed by atoms with Crippen molar-refractivity contribution >= 4 is 6.47 Å². The summed E-state index contributed by atoms with van der Waals surface area (Å²) in [7, 11) is 0. The van der Waals surface area contributed by atoms with E-state index in [4.69, 9.17) is 0 Å². The Bertz CT molecular complexity index is 128. The van der Waals surface area contributed by atoms with Crippen molar-refractivity contribution in [2.45, 2.75) is 19.3 Å². The number of ether oxygens (including phenoxy) is 1. The number of carbonyl (C=O) groups is 1. The predicted molar refractivity (Wildman–Crippen MR) is 34.1 cm³/mol. The van der Waals surface area contributed by atoms with Gasteiger partial charge in [-0.1, -0.05) is 6.92 Å². The summed E-state index contributed by atoms with van der Waals surface area (Å²) >= 11 is 0. The monoisotopic (exact) mass is 145 g/mol. The lowest BCUT2D eigenvalue weighted by Crippen LogP contribution is -2.33. The smallest absolute Gasteiger partial charge is 0.294 e. The molecule has 2 unspecified atom stereocenters. The second-order valence-electron chi connectivity index (χ2n) is 2.53. The minimum Gasteiger partial charge on any atom is -0.446 e. The first-order valence-corrected chi connectivity index (χ1v) is 3.26. The maximum atomic E-state index is 9.84. The summed E-state index contributed by atoms with van der Waals surface area (Å²) in [6.07, 6.45) is -1.07. The Kier molecular flexibility index (Phi) is 2.24. The molecule has 0 amide bonds. The van der Waals surface area contributed by atoms with Crippen molar-refractivity contribution < 1.29 is 14.6 Å². The molecule has 0 aromatic carbocycles. The van der Waals surface area contributed by atoms with E-state index >= 15 is 0 Å². The molecule has 0 spiro atoms. The molecule has 3 atom stereocenters. The van der Waals surface area contributed by atoms with Crippen LogP contribution >= 0.6 is 0 Å². The molecule has 1 rings (SSSR count). The molecule has 1 aliphatic rings. The molecule has 1 heterocycles. The number of hydrogen-bond donors (Lipinski definition) is 2. The number of nitrogens with one attached hydrogen (secondary N) is 1. The highest BCUT2D eigenvalue weighted by atomic mass is 16.5. The summed E-state index contributed by atoms with van der Waals surface area (Å²) in [6.45, 7) is 2.93. The number of aliphatic hydroxyl groups excluding tert-OH is 1. The van der Waals surface area contributed by atoms with E-state index in [1.165, 1.54) is 0 Å². The SMILES string of the molecule is CC1CN[C@H](OC=O)C1O. The third-order valence-corrected chi connectivity index (χ3v) is 1.74. The van der Waals surface area contributed by atoms with E-state index in [2.05, 4.69) is 10.1 Å². The Morgan fingerprint density at radius 3 is 2.90 bits per heavy atom. The maximum Gasteiger partial charge on any atom is 0.294 e. The largest absolute Gasteiger partial charge is 0.446 e. The van der Waals surface area contributed by atoms with Gasteiger partial charge in [0.2, 0.25) is 0 Å². The first-order chi connectivity index (χ1) is 4.75. The van der Waals surface area contributed by atoms with E-state index in [1.807, 2.05) is 6.92 Å². The van der Waals surface area contributed by atoms with Gasteiger partial charge >= 0.3 is 0 Å². The molecule has 0 aliphatic carbocycles. The van der Waals surface area contributed by atoms with E-state index in [-0.39, 0.29) is 5.92 Å². The van der Waals surface area contributed by atoms with E-state index < -0.39 is 12.3 Å². The van der Waals surface area contributed by atoms with Crippen LogP contribution in [0.5, 0.6) is 0 Å². The quantitative estimate of drug-likeness (QED) is 0.494. The van der Waals surface area contributed by atoms with Crippen LogP contribution in [-0.2, 0) is 9.53 Å². The lowest BCUT2D eigenvalue weighted by molar-refractivity contribution is -0.139. The van der Waals surface area contributed by atoms with Crippen LogP contribution in [0.25, 0.3) is 0 Å². The lowest BCUT2D eigenvalue weighted by atomic mass is 10.1. The molecular weight excluding hydrogens is 134 g/mol. The highest BCUT2D eigenvalue weighted by molar-refractivity contribution is 5.37. The van der Waals surface area contributed by atoms with E-state index in [0.717, 1.165) is 0 Å². The summed E-state index contributed by atoms with van der Waals surface area (Å²) < 4.78 is 4.54. The van der Waals surface area contributed by atoms with Crippen molar-refractivity contribution in [1.82, 2.24) is 5.32 Å². The number of aliphatic hydroxyl groups is 1. The van der Waals surface area contributed by atoms with Crippen LogP contribution in [0.15, 0.2) is 0 Å². The van der Waals surface area contributed by atoms with Gasteiger partial charge in [0.1, 0.15) is 6.10 Å². The zero-order valence-electron chi connectivity index (χ0n) is 5.78. The second kappa shape index (κ2) is 2.98. The van der Waals surface area contributed by atoms with Crippen LogP contribution < -0.4 is 5.32 Å². The van der Waals surface area contributed by atoms with Crippen LogP contribution in [0.3, 0.4) is 0 Å². The minimum absolute atomic E-state index is 0.157. The van der Waals surface area contributed by atoms with Gasteiger partial charge in [-0.3, -0.25) is 10.1 Å². The minimum atomic E-state index is -0.565. The van der Waals surface area contributed by atoms with Crippen molar-refractivity contribution in [1.29, 1.82) is 0 Å². The lowest BCUT2D eigenvalue weighted by Gasteiger charge is -2.13. The molecule has 4 heteroatoms. The van der Waals surface area contributed by atoms with Gasteiger partial charge in [-0.05, 0) is 5.92 Å². The first kappa shape index (κ1) is 7.50. The Morgan fingerprint density at radius 2 is 2.50 bits per heavy atom. The van der Waals surface area contributed by atoms with Crippen LogP contribution in [0, 0.1) is 5.92 Å². The summed E-state index contributed by atoms with van der Waals surface area (Å²) in [5.41, 5.74) is 0. The molecule has 0 saturated carbocycles. The Balaban J connectivity index is 2.40. The summed E-state index contributed by atoms with van der Waals surface area (Å²) in [4.78, 5) is 9.84. The Hall–Kier alpha value is -0.610. The molecule has 4 nitrogen and oxygen atoms in total. The second-order valence-corrected chi connectivity index (χ2v) is 2.53. The fraction of sp³-hybridized carbons (Fsp3) is 0.833. The van der Waals surface area contributed by atoms with Crippen molar-refractivity contribution in [3.05, 3.63) is 0 Å². The Morgan fingerprint density at radius 1 is 1.80 bits per heavy atom. The average molecular weight is 145 g/mol. The van der Waals surface area contributed by atoms with Crippen LogP contribution in [0.1, 0.15) is 6.92 Å². The van der Waals surface area contributed by atoms with Crippen molar-refractivity contribution in [3.8, 4) is 0 Å². The van der Waals surface area contributed by atoms with E-state index in [9.17, 15) is 9.90 Å². The molecule has 10 heavy (non-hydrogen) atoms. The number of hydrogen-bond acceptors (Lipinski definition) is 4. The zero-order chi connectivity index (χ0) is 7.56. The molecule has 1 saturated heterocycles. The van der Waals surface area contributed by atoms with Gasteiger partial charge < -0.3 is 9.84 Å².